The summed E-state index contributed by atoms with van der Waals surface area (Å²) in [5, 5.41) is 6.77. The van der Waals surface area contributed by atoms with Gasteiger partial charge in [-0.2, -0.15) is 0 Å². The van der Waals surface area contributed by atoms with Gasteiger partial charge in [-0.25, -0.2) is 4.98 Å². The summed E-state index contributed by atoms with van der Waals surface area (Å²) in [5.41, 5.74) is 4.08. The van der Waals surface area contributed by atoms with Crippen molar-refractivity contribution < 1.29 is 4.52 Å². The summed E-state index contributed by atoms with van der Waals surface area (Å²) in [6.07, 6.45) is 17.4. The van der Waals surface area contributed by atoms with Gasteiger partial charge in [0.2, 0.25) is 0 Å². The van der Waals surface area contributed by atoms with Crippen molar-refractivity contribution in [1.29, 1.82) is 0 Å². The first-order valence-corrected chi connectivity index (χ1v) is 14.0. The van der Waals surface area contributed by atoms with Crippen LogP contribution in [0.15, 0.2) is 47.3 Å². The van der Waals surface area contributed by atoms with E-state index in [-0.39, 0.29) is 10.8 Å². The van der Waals surface area contributed by atoms with E-state index in [1.165, 1.54) is 48.2 Å². The molecule has 8 rings (SSSR count). The minimum absolute atomic E-state index is 0.222. The third-order valence-electron chi connectivity index (χ3n) is 8.45. The van der Waals surface area contributed by atoms with E-state index in [2.05, 4.69) is 46.6 Å². The first kappa shape index (κ1) is 22.0. The Kier molecular flexibility index (Phi) is 5.13. The lowest BCUT2D eigenvalue weighted by Crippen LogP contribution is -2.43. The first-order valence-electron chi connectivity index (χ1n) is 12.4. The number of aromatic nitrogens is 3. The summed E-state index contributed by atoms with van der Waals surface area (Å²) >= 11 is 14.9. The quantitative estimate of drug-likeness (QED) is 0.263. The molecular formula is C28H25Cl2N3OS. The van der Waals surface area contributed by atoms with Crippen molar-refractivity contribution in [2.45, 2.75) is 62.7 Å². The number of thiazole rings is 1. The lowest BCUT2D eigenvalue weighted by molar-refractivity contribution is 0.0796. The highest BCUT2D eigenvalue weighted by Gasteiger charge is 2.49. The highest BCUT2D eigenvalue weighted by molar-refractivity contribution is 7.18. The molecule has 4 nitrogen and oxygen atoms in total. The Labute approximate surface area is 218 Å². The van der Waals surface area contributed by atoms with Gasteiger partial charge in [0, 0.05) is 34.9 Å². The zero-order valence-corrected chi connectivity index (χ0v) is 21.6. The Balaban J connectivity index is 1.19. The summed E-state index contributed by atoms with van der Waals surface area (Å²) in [5.74, 6) is 1.41. The molecule has 7 heteroatoms. The van der Waals surface area contributed by atoms with E-state index in [1.54, 1.807) is 12.4 Å². The van der Waals surface area contributed by atoms with Crippen LogP contribution in [0.25, 0.3) is 27.6 Å². The molecule has 0 radical (unpaired) electrons. The van der Waals surface area contributed by atoms with Crippen molar-refractivity contribution in [3.8, 4) is 11.3 Å². The van der Waals surface area contributed by atoms with Crippen molar-refractivity contribution in [2.24, 2.45) is 5.41 Å². The lowest BCUT2D eigenvalue weighted by Gasteiger charge is -2.51. The molecule has 178 valence electrons. The summed E-state index contributed by atoms with van der Waals surface area (Å²) in [7, 11) is 0. The molecule has 0 N–H and O–H groups in total. The van der Waals surface area contributed by atoms with E-state index in [0.29, 0.717) is 21.5 Å². The molecule has 4 saturated carbocycles. The zero-order chi connectivity index (χ0) is 23.6. The lowest BCUT2D eigenvalue weighted by atomic mass is 9.54. The number of rotatable bonds is 5. The van der Waals surface area contributed by atoms with Gasteiger partial charge in [0.05, 0.1) is 25.3 Å². The summed E-state index contributed by atoms with van der Waals surface area (Å²) in [6, 6.07) is 8.53. The first-order chi connectivity index (χ1) is 17.1. The number of halogens is 2. The molecule has 1 aromatic carbocycles. The van der Waals surface area contributed by atoms with Crippen molar-refractivity contribution in [3.63, 3.8) is 0 Å². The Morgan fingerprint density at radius 1 is 0.971 bits per heavy atom. The molecule has 3 aromatic heterocycles. The van der Waals surface area contributed by atoms with Crippen molar-refractivity contribution in [3.05, 3.63) is 69.1 Å². The fraction of sp³-hybridized carbons (Fsp3) is 0.393. The van der Waals surface area contributed by atoms with Gasteiger partial charge in [-0.15, -0.1) is 11.3 Å². The van der Waals surface area contributed by atoms with E-state index in [0.717, 1.165) is 35.4 Å². The SMILES string of the molecule is Clc1cncc(Cl)c1-c1noc(C2CC2)c1/C=C/C12CCC(c3nc4ccccc4s3)(CC1)CC2. The largest absolute Gasteiger partial charge is 0.360 e. The van der Waals surface area contributed by atoms with Crippen LogP contribution < -0.4 is 0 Å². The van der Waals surface area contributed by atoms with Crippen LogP contribution in [0.4, 0.5) is 0 Å². The third-order valence-corrected chi connectivity index (χ3v) is 10.3. The van der Waals surface area contributed by atoms with Crippen LogP contribution in [-0.2, 0) is 5.41 Å². The Morgan fingerprint density at radius 2 is 1.69 bits per heavy atom. The molecule has 4 aliphatic rings. The second-order valence-corrected chi connectivity index (χ2v) is 12.4. The number of benzene rings is 1. The third kappa shape index (κ3) is 3.66. The summed E-state index contributed by atoms with van der Waals surface area (Å²) < 4.78 is 7.16. The number of hydrogen-bond donors (Lipinski definition) is 0. The smallest absolute Gasteiger partial charge is 0.147 e. The molecule has 3 heterocycles. The maximum Gasteiger partial charge on any atom is 0.147 e. The van der Waals surface area contributed by atoms with Crippen LogP contribution in [-0.4, -0.2) is 15.1 Å². The van der Waals surface area contributed by atoms with Crippen molar-refractivity contribution >= 4 is 50.8 Å². The van der Waals surface area contributed by atoms with Crippen molar-refractivity contribution in [2.75, 3.05) is 0 Å². The fourth-order valence-electron chi connectivity index (χ4n) is 6.07. The second kappa shape index (κ2) is 8.16. The fourth-order valence-corrected chi connectivity index (χ4v) is 7.86. The van der Waals surface area contributed by atoms with Gasteiger partial charge in [-0.05, 0) is 68.9 Å². The van der Waals surface area contributed by atoms with E-state index >= 15 is 0 Å². The number of allylic oxidation sites excluding steroid dienone is 1. The van der Waals surface area contributed by atoms with Crippen LogP contribution in [0.1, 0.15) is 73.6 Å². The normalized spacial score (nSPS) is 26.2. The molecule has 4 aliphatic carbocycles. The molecular weight excluding hydrogens is 497 g/mol. The molecule has 35 heavy (non-hydrogen) atoms. The summed E-state index contributed by atoms with van der Waals surface area (Å²) in [6.45, 7) is 0. The van der Waals surface area contributed by atoms with Crippen LogP contribution in [0, 0.1) is 5.41 Å². The number of nitrogens with zero attached hydrogens (tertiary/aromatic N) is 3. The van der Waals surface area contributed by atoms with Gasteiger partial charge >= 0.3 is 0 Å². The monoisotopic (exact) mass is 521 g/mol. The Hall–Kier alpha value is -2.21. The maximum atomic E-state index is 6.50. The van der Waals surface area contributed by atoms with Crippen LogP contribution >= 0.6 is 34.5 Å². The average molecular weight is 523 g/mol. The molecule has 0 aliphatic heterocycles. The highest BCUT2D eigenvalue weighted by atomic mass is 35.5. The number of para-hydroxylation sites is 1. The standard InChI is InChI=1S/C28H25Cl2N3OS/c29-19-15-31-16-20(30)23(19)24-18(25(34-33-24)17-5-6-17)7-8-27-9-12-28(13-10-27,14-11-27)26-32-21-3-1-2-4-22(21)35-26/h1-4,7-8,15-17H,5-6,9-14H2/b8-7+. The number of pyridine rings is 1. The van der Waals surface area contributed by atoms with Crippen LogP contribution in [0.3, 0.4) is 0 Å². The van der Waals surface area contributed by atoms with E-state index in [1.807, 2.05) is 11.3 Å². The molecule has 4 fully saturated rings. The predicted octanol–water partition coefficient (Wildman–Crippen LogP) is 8.84. The van der Waals surface area contributed by atoms with Gasteiger partial charge in [0.15, 0.2) is 0 Å². The molecule has 2 bridgehead atoms. The zero-order valence-electron chi connectivity index (χ0n) is 19.3. The predicted molar refractivity (Wildman–Crippen MR) is 142 cm³/mol. The topological polar surface area (TPSA) is 51.8 Å². The molecule has 0 saturated heterocycles. The van der Waals surface area contributed by atoms with Crippen molar-refractivity contribution in [1.82, 2.24) is 15.1 Å². The average Bonchev–Trinajstić information content (AvgIpc) is 3.49. The Morgan fingerprint density at radius 3 is 2.37 bits per heavy atom. The van der Waals surface area contributed by atoms with Crippen LogP contribution in [0.2, 0.25) is 10.0 Å². The summed E-state index contributed by atoms with van der Waals surface area (Å²) in [4.78, 5) is 9.17. The molecule has 0 unspecified atom stereocenters. The van der Waals surface area contributed by atoms with Gasteiger partial charge in [0.1, 0.15) is 11.5 Å². The molecule has 0 spiro atoms. The highest BCUT2D eigenvalue weighted by Crippen LogP contribution is 2.59. The molecule has 4 aromatic rings. The molecule has 0 atom stereocenters. The molecule has 0 amide bonds. The maximum absolute atomic E-state index is 6.50. The minimum atomic E-state index is 0.222. The second-order valence-electron chi connectivity index (χ2n) is 10.5. The van der Waals surface area contributed by atoms with Crippen LogP contribution in [0.5, 0.6) is 0 Å². The van der Waals surface area contributed by atoms with E-state index in [4.69, 9.17) is 32.7 Å². The van der Waals surface area contributed by atoms with Gasteiger partial charge in [0.25, 0.3) is 0 Å². The Bertz CT molecular complexity index is 1390. The minimum Gasteiger partial charge on any atom is -0.360 e. The van der Waals surface area contributed by atoms with E-state index in [9.17, 15) is 0 Å². The van der Waals surface area contributed by atoms with Gasteiger partial charge < -0.3 is 4.52 Å². The van der Waals surface area contributed by atoms with Gasteiger partial charge in [-0.3, -0.25) is 4.98 Å². The number of hydrogen-bond acceptors (Lipinski definition) is 5. The van der Waals surface area contributed by atoms with E-state index < -0.39 is 0 Å². The van der Waals surface area contributed by atoms with Gasteiger partial charge in [-0.1, -0.05) is 52.6 Å². The number of fused-ring (bicyclic) bond motifs is 4.